The third-order valence-electron chi connectivity index (χ3n) is 4.08. The van der Waals surface area contributed by atoms with E-state index < -0.39 is 0 Å². The number of amides is 2. The first-order valence-corrected chi connectivity index (χ1v) is 8.72. The number of likely N-dealkylation sites (tertiary alicyclic amines) is 1. The second-order valence-corrected chi connectivity index (χ2v) is 6.81. The molecule has 1 fully saturated rings. The van der Waals surface area contributed by atoms with Gasteiger partial charge in [-0.2, -0.15) is 0 Å². The second kappa shape index (κ2) is 6.96. The molecule has 4 nitrogen and oxygen atoms in total. The molecule has 0 radical (unpaired) electrons. The van der Waals surface area contributed by atoms with Crippen molar-refractivity contribution in [3.05, 3.63) is 57.8 Å². The van der Waals surface area contributed by atoms with Crippen LogP contribution in [0.5, 0.6) is 0 Å². The van der Waals surface area contributed by atoms with Gasteiger partial charge in [-0.05, 0) is 42.5 Å². The van der Waals surface area contributed by atoms with Crippen LogP contribution in [-0.4, -0.2) is 23.3 Å². The van der Waals surface area contributed by atoms with Crippen molar-refractivity contribution in [1.82, 2.24) is 10.2 Å². The number of benzene rings is 1. The van der Waals surface area contributed by atoms with Crippen molar-refractivity contribution >= 4 is 23.2 Å². The zero-order valence-corrected chi connectivity index (χ0v) is 13.9. The molecule has 1 aromatic heterocycles. The molecule has 1 atom stereocenters. The van der Waals surface area contributed by atoms with Crippen LogP contribution in [0, 0.1) is 0 Å². The molecule has 3 rings (SSSR count). The van der Waals surface area contributed by atoms with E-state index in [0.29, 0.717) is 18.5 Å². The summed E-state index contributed by atoms with van der Waals surface area (Å²) in [7, 11) is 0. The SMILES string of the molecule is C[C@@H](NC(=O)c1ccc(CN2CCCC2=O)cc1)c1cccs1. The normalized spacial score (nSPS) is 15.7. The number of nitrogens with one attached hydrogen (secondary N) is 1. The summed E-state index contributed by atoms with van der Waals surface area (Å²) in [5.74, 6) is 0.145. The molecule has 0 aliphatic carbocycles. The Balaban J connectivity index is 1.60. The zero-order valence-electron chi connectivity index (χ0n) is 13.1. The van der Waals surface area contributed by atoms with Crippen LogP contribution in [0.25, 0.3) is 0 Å². The van der Waals surface area contributed by atoms with Gasteiger partial charge in [-0.25, -0.2) is 0 Å². The van der Waals surface area contributed by atoms with Gasteiger partial charge in [-0.3, -0.25) is 9.59 Å². The van der Waals surface area contributed by atoms with Crippen LogP contribution < -0.4 is 5.32 Å². The Morgan fingerprint density at radius 2 is 2.09 bits per heavy atom. The van der Waals surface area contributed by atoms with Gasteiger partial charge in [0.15, 0.2) is 0 Å². The summed E-state index contributed by atoms with van der Waals surface area (Å²) in [5, 5.41) is 5.01. The predicted octanol–water partition coefficient (Wildman–Crippen LogP) is 3.36. The van der Waals surface area contributed by atoms with Crippen LogP contribution >= 0.6 is 11.3 Å². The molecule has 0 saturated carbocycles. The maximum atomic E-state index is 12.3. The minimum Gasteiger partial charge on any atom is -0.345 e. The average Bonchev–Trinajstić information content (AvgIpc) is 3.20. The number of hydrogen-bond donors (Lipinski definition) is 1. The lowest BCUT2D eigenvalue weighted by Crippen LogP contribution is -2.26. The Hall–Kier alpha value is -2.14. The Morgan fingerprint density at radius 1 is 1.30 bits per heavy atom. The lowest BCUT2D eigenvalue weighted by atomic mass is 10.1. The van der Waals surface area contributed by atoms with E-state index in [1.165, 1.54) is 0 Å². The van der Waals surface area contributed by atoms with Crippen molar-refractivity contribution in [1.29, 1.82) is 0 Å². The Bertz CT molecular complexity index is 680. The molecule has 23 heavy (non-hydrogen) atoms. The van der Waals surface area contributed by atoms with Crippen molar-refractivity contribution in [3.8, 4) is 0 Å². The minimum absolute atomic E-state index is 0.00407. The van der Waals surface area contributed by atoms with Crippen molar-refractivity contribution in [2.45, 2.75) is 32.4 Å². The number of hydrogen-bond acceptors (Lipinski definition) is 3. The van der Waals surface area contributed by atoms with Gasteiger partial charge in [0.1, 0.15) is 0 Å². The molecule has 0 unspecified atom stereocenters. The molecule has 1 aromatic carbocycles. The predicted molar refractivity (Wildman–Crippen MR) is 91.3 cm³/mol. The first-order chi connectivity index (χ1) is 11.1. The van der Waals surface area contributed by atoms with E-state index in [1.54, 1.807) is 11.3 Å². The van der Waals surface area contributed by atoms with E-state index in [0.717, 1.165) is 23.4 Å². The number of thiophene rings is 1. The molecule has 5 heteroatoms. The lowest BCUT2D eigenvalue weighted by molar-refractivity contribution is -0.128. The van der Waals surface area contributed by atoms with Crippen molar-refractivity contribution in [2.24, 2.45) is 0 Å². The fourth-order valence-corrected chi connectivity index (χ4v) is 3.48. The molecule has 1 aliphatic heterocycles. The first kappa shape index (κ1) is 15.7. The molecule has 0 bridgehead atoms. The molecule has 2 aromatic rings. The number of rotatable bonds is 5. The third kappa shape index (κ3) is 3.79. The number of nitrogens with zero attached hydrogens (tertiary/aromatic N) is 1. The van der Waals surface area contributed by atoms with E-state index in [2.05, 4.69) is 5.32 Å². The topological polar surface area (TPSA) is 49.4 Å². The summed E-state index contributed by atoms with van der Waals surface area (Å²) in [6, 6.07) is 11.5. The van der Waals surface area contributed by atoms with Crippen LogP contribution in [0.1, 0.15) is 46.6 Å². The largest absolute Gasteiger partial charge is 0.345 e. The van der Waals surface area contributed by atoms with E-state index in [-0.39, 0.29) is 17.9 Å². The summed E-state index contributed by atoms with van der Waals surface area (Å²) in [5.41, 5.74) is 1.70. The van der Waals surface area contributed by atoms with Crippen LogP contribution in [0.4, 0.5) is 0 Å². The fraction of sp³-hybridized carbons (Fsp3) is 0.333. The van der Waals surface area contributed by atoms with Gasteiger partial charge in [0.25, 0.3) is 5.91 Å². The fourth-order valence-electron chi connectivity index (χ4n) is 2.74. The summed E-state index contributed by atoms with van der Waals surface area (Å²) < 4.78 is 0. The molecule has 0 spiro atoms. The molecule has 1 aliphatic rings. The Kier molecular flexibility index (Phi) is 4.76. The smallest absolute Gasteiger partial charge is 0.251 e. The summed E-state index contributed by atoms with van der Waals surface area (Å²) >= 11 is 1.64. The van der Waals surface area contributed by atoms with Crippen molar-refractivity contribution in [3.63, 3.8) is 0 Å². The number of carbonyl (C=O) groups excluding carboxylic acids is 2. The van der Waals surface area contributed by atoms with Crippen LogP contribution in [0.2, 0.25) is 0 Å². The molecule has 120 valence electrons. The van der Waals surface area contributed by atoms with Gasteiger partial charge in [-0.1, -0.05) is 18.2 Å². The maximum Gasteiger partial charge on any atom is 0.251 e. The Morgan fingerprint density at radius 3 is 2.70 bits per heavy atom. The van der Waals surface area contributed by atoms with Crippen LogP contribution in [0.15, 0.2) is 41.8 Å². The Labute approximate surface area is 140 Å². The molecular weight excluding hydrogens is 308 g/mol. The molecular formula is C18H20N2O2S. The number of carbonyl (C=O) groups is 2. The van der Waals surface area contributed by atoms with E-state index in [9.17, 15) is 9.59 Å². The van der Waals surface area contributed by atoms with Crippen LogP contribution in [0.3, 0.4) is 0 Å². The highest BCUT2D eigenvalue weighted by atomic mass is 32.1. The third-order valence-corrected chi connectivity index (χ3v) is 5.13. The quantitative estimate of drug-likeness (QED) is 0.915. The van der Waals surface area contributed by atoms with E-state index in [4.69, 9.17) is 0 Å². The summed E-state index contributed by atoms with van der Waals surface area (Å²) in [4.78, 5) is 26.9. The van der Waals surface area contributed by atoms with Gasteiger partial charge >= 0.3 is 0 Å². The van der Waals surface area contributed by atoms with E-state index >= 15 is 0 Å². The zero-order chi connectivity index (χ0) is 16.2. The second-order valence-electron chi connectivity index (χ2n) is 5.83. The summed E-state index contributed by atoms with van der Waals surface area (Å²) in [6.45, 7) is 3.45. The van der Waals surface area contributed by atoms with E-state index in [1.807, 2.05) is 53.6 Å². The van der Waals surface area contributed by atoms with Gasteiger partial charge in [0, 0.05) is 30.0 Å². The minimum atomic E-state index is -0.0744. The van der Waals surface area contributed by atoms with Crippen LogP contribution in [-0.2, 0) is 11.3 Å². The van der Waals surface area contributed by atoms with Crippen molar-refractivity contribution < 1.29 is 9.59 Å². The van der Waals surface area contributed by atoms with Gasteiger partial charge in [0.2, 0.25) is 5.91 Å². The monoisotopic (exact) mass is 328 g/mol. The molecule has 2 amide bonds. The maximum absolute atomic E-state index is 12.3. The van der Waals surface area contributed by atoms with Gasteiger partial charge < -0.3 is 10.2 Å². The molecule has 2 heterocycles. The van der Waals surface area contributed by atoms with Gasteiger partial charge in [-0.15, -0.1) is 11.3 Å². The highest BCUT2D eigenvalue weighted by Gasteiger charge is 2.20. The highest BCUT2D eigenvalue weighted by molar-refractivity contribution is 7.10. The first-order valence-electron chi connectivity index (χ1n) is 7.84. The highest BCUT2D eigenvalue weighted by Crippen LogP contribution is 2.19. The van der Waals surface area contributed by atoms with Gasteiger partial charge in [0.05, 0.1) is 6.04 Å². The standard InChI is InChI=1S/C18H20N2O2S/c1-13(16-4-3-11-23-16)19-18(22)15-8-6-14(7-9-15)12-20-10-2-5-17(20)21/h3-4,6-9,11,13H,2,5,10,12H2,1H3,(H,19,22)/t13-/m1/s1. The summed E-state index contributed by atoms with van der Waals surface area (Å²) in [6.07, 6.45) is 1.60. The molecule has 1 N–H and O–H groups in total. The lowest BCUT2D eigenvalue weighted by Gasteiger charge is -2.16. The van der Waals surface area contributed by atoms with Crippen molar-refractivity contribution in [2.75, 3.05) is 6.54 Å². The average molecular weight is 328 g/mol. The molecule has 1 saturated heterocycles.